The zero-order valence-electron chi connectivity index (χ0n) is 4.72. The van der Waals surface area contributed by atoms with Crippen LogP contribution in [0.1, 0.15) is 6.92 Å². The molecule has 0 aromatic carbocycles. The summed E-state index contributed by atoms with van der Waals surface area (Å²) >= 11 is 15.9. The number of halogens is 3. The second kappa shape index (κ2) is 4.58. The van der Waals surface area contributed by atoms with E-state index in [1.54, 1.807) is 0 Å². The van der Waals surface area contributed by atoms with Gasteiger partial charge in [0.15, 0.2) is 11.9 Å². The Morgan fingerprint density at radius 1 is 1.33 bits per heavy atom. The van der Waals surface area contributed by atoms with Crippen molar-refractivity contribution in [3.8, 4) is 0 Å². The molecule has 0 aliphatic heterocycles. The molecular weight excluding hydrogens is 186 g/mol. The van der Waals surface area contributed by atoms with E-state index in [1.807, 2.05) is 0 Å². The Morgan fingerprint density at radius 3 is 1.89 bits per heavy atom. The summed E-state index contributed by atoms with van der Waals surface area (Å²) in [5.74, 6) is 0. The fraction of sp³-hybridized carbons (Fsp3) is 1.00. The van der Waals surface area contributed by atoms with Gasteiger partial charge in [-0.25, -0.2) is 0 Å². The molecule has 0 aromatic rings. The maximum absolute atomic E-state index is 8.55. The number of ether oxygens (including phenoxy) is 1. The van der Waals surface area contributed by atoms with Gasteiger partial charge in [-0.15, -0.1) is 23.2 Å². The van der Waals surface area contributed by atoms with Crippen molar-refractivity contribution < 1.29 is 9.84 Å². The molecule has 0 spiro atoms. The lowest BCUT2D eigenvalue weighted by molar-refractivity contribution is -0.0948. The van der Waals surface area contributed by atoms with Crippen LogP contribution >= 0.6 is 34.8 Å². The Hall–Kier alpha value is 0.790. The number of alkyl halides is 3. The van der Waals surface area contributed by atoms with E-state index >= 15 is 0 Å². The Labute approximate surface area is 68.7 Å². The van der Waals surface area contributed by atoms with Crippen LogP contribution in [0.5, 0.6) is 0 Å². The highest BCUT2D eigenvalue weighted by Crippen LogP contribution is 2.15. The first kappa shape index (κ1) is 9.79. The van der Waals surface area contributed by atoms with Crippen molar-refractivity contribution in [2.45, 2.75) is 23.6 Å². The van der Waals surface area contributed by atoms with Crippen LogP contribution < -0.4 is 0 Å². The first-order valence-corrected chi connectivity index (χ1v) is 3.60. The van der Waals surface area contributed by atoms with Gasteiger partial charge >= 0.3 is 0 Å². The van der Waals surface area contributed by atoms with E-state index in [4.69, 9.17) is 39.9 Å². The van der Waals surface area contributed by atoms with Crippen LogP contribution in [0.25, 0.3) is 0 Å². The molecule has 0 fully saturated rings. The molecular formula is C4H7Cl3O2. The summed E-state index contributed by atoms with van der Waals surface area (Å²) < 4.78 is 4.57. The third-order valence-corrected chi connectivity index (χ3v) is 1.60. The molecule has 0 rings (SSSR count). The molecule has 0 amide bonds. The SMILES string of the molecule is CC(O)OC(Cl)C(Cl)Cl. The molecule has 56 valence electrons. The van der Waals surface area contributed by atoms with E-state index in [2.05, 4.69) is 4.74 Å². The molecule has 0 bridgehead atoms. The van der Waals surface area contributed by atoms with Crippen molar-refractivity contribution in [2.75, 3.05) is 0 Å². The summed E-state index contributed by atoms with van der Waals surface area (Å²) in [5.41, 5.74) is -0.853. The quantitative estimate of drug-likeness (QED) is 0.546. The van der Waals surface area contributed by atoms with Crippen molar-refractivity contribution in [2.24, 2.45) is 0 Å². The molecule has 2 unspecified atom stereocenters. The van der Waals surface area contributed by atoms with E-state index in [9.17, 15) is 0 Å². The van der Waals surface area contributed by atoms with E-state index in [0.717, 1.165) is 0 Å². The topological polar surface area (TPSA) is 29.5 Å². The number of rotatable bonds is 3. The molecule has 2 nitrogen and oxygen atoms in total. The molecule has 2 atom stereocenters. The zero-order valence-corrected chi connectivity index (χ0v) is 6.99. The second-order valence-electron chi connectivity index (χ2n) is 1.42. The maximum Gasteiger partial charge on any atom is 0.164 e. The van der Waals surface area contributed by atoms with E-state index in [-0.39, 0.29) is 0 Å². The van der Waals surface area contributed by atoms with Gasteiger partial charge < -0.3 is 9.84 Å². The summed E-state index contributed by atoms with van der Waals surface area (Å²) in [6.45, 7) is 1.42. The molecule has 5 heteroatoms. The third kappa shape index (κ3) is 5.25. The van der Waals surface area contributed by atoms with Crippen molar-refractivity contribution >= 4 is 34.8 Å². The summed E-state index contributed by atoms with van der Waals surface area (Å²) in [7, 11) is 0. The molecule has 0 aliphatic rings. The number of hydrogen-bond donors (Lipinski definition) is 1. The van der Waals surface area contributed by atoms with Gasteiger partial charge in [0, 0.05) is 0 Å². The van der Waals surface area contributed by atoms with Crippen LogP contribution in [0.15, 0.2) is 0 Å². The number of aliphatic hydroxyl groups excluding tert-OH is 1. The largest absolute Gasteiger partial charge is 0.368 e. The van der Waals surface area contributed by atoms with Gasteiger partial charge in [-0.1, -0.05) is 11.6 Å². The predicted molar refractivity (Wildman–Crippen MR) is 37.9 cm³/mol. The predicted octanol–water partition coefficient (Wildman–Crippen LogP) is 1.71. The highest BCUT2D eigenvalue weighted by atomic mass is 35.5. The fourth-order valence-electron chi connectivity index (χ4n) is 0.248. The molecule has 0 radical (unpaired) electrons. The van der Waals surface area contributed by atoms with Crippen LogP contribution in [0.4, 0.5) is 0 Å². The first-order valence-electron chi connectivity index (χ1n) is 2.29. The Morgan fingerprint density at radius 2 is 1.78 bits per heavy atom. The summed E-state index contributed by atoms with van der Waals surface area (Å²) in [5, 5.41) is 8.55. The zero-order chi connectivity index (χ0) is 7.44. The van der Waals surface area contributed by atoms with Crippen molar-refractivity contribution in [3.05, 3.63) is 0 Å². The highest BCUT2D eigenvalue weighted by molar-refractivity contribution is 6.48. The molecule has 1 N–H and O–H groups in total. The van der Waals surface area contributed by atoms with Gasteiger partial charge in [0.1, 0.15) is 4.84 Å². The van der Waals surface area contributed by atoms with Crippen LogP contribution in [-0.4, -0.2) is 21.8 Å². The average molecular weight is 193 g/mol. The molecule has 9 heavy (non-hydrogen) atoms. The van der Waals surface area contributed by atoms with Crippen molar-refractivity contribution in [3.63, 3.8) is 0 Å². The summed E-state index contributed by atoms with van der Waals surface area (Å²) in [4.78, 5) is -0.818. The van der Waals surface area contributed by atoms with E-state index in [0.29, 0.717) is 0 Å². The minimum atomic E-state index is -0.938. The van der Waals surface area contributed by atoms with Gasteiger partial charge in [-0.3, -0.25) is 0 Å². The lowest BCUT2D eigenvalue weighted by atomic mass is 10.7. The lowest BCUT2D eigenvalue weighted by Crippen LogP contribution is -2.19. The lowest BCUT2D eigenvalue weighted by Gasteiger charge is -2.12. The van der Waals surface area contributed by atoms with Crippen LogP contribution in [0, 0.1) is 0 Å². The standard InChI is InChI=1S/C4H7Cl3O2/c1-2(8)9-4(7)3(5)6/h2-4,8H,1H3. The Bertz CT molecular complexity index is 76.2. The molecule has 0 aromatic heterocycles. The fourth-order valence-corrected chi connectivity index (χ4v) is 0.515. The van der Waals surface area contributed by atoms with Crippen LogP contribution in [-0.2, 0) is 4.74 Å². The normalized spacial score (nSPS) is 18.0. The van der Waals surface area contributed by atoms with Crippen molar-refractivity contribution in [1.29, 1.82) is 0 Å². The molecule has 0 heterocycles. The average Bonchev–Trinajstić information content (AvgIpc) is 1.63. The molecule has 0 aliphatic carbocycles. The van der Waals surface area contributed by atoms with Crippen LogP contribution in [0.3, 0.4) is 0 Å². The maximum atomic E-state index is 8.55. The molecule has 0 saturated heterocycles. The van der Waals surface area contributed by atoms with Gasteiger partial charge in [0.05, 0.1) is 0 Å². The van der Waals surface area contributed by atoms with Crippen LogP contribution in [0.2, 0.25) is 0 Å². The minimum absolute atomic E-state index is 0.818. The van der Waals surface area contributed by atoms with E-state index in [1.165, 1.54) is 6.92 Å². The van der Waals surface area contributed by atoms with Gasteiger partial charge in [-0.2, -0.15) is 0 Å². The van der Waals surface area contributed by atoms with Crippen molar-refractivity contribution in [1.82, 2.24) is 0 Å². The number of aliphatic hydroxyl groups is 1. The van der Waals surface area contributed by atoms with Gasteiger partial charge in [0.25, 0.3) is 0 Å². The highest BCUT2D eigenvalue weighted by Gasteiger charge is 2.15. The Balaban J connectivity index is 3.38. The summed E-state index contributed by atoms with van der Waals surface area (Å²) in [6.07, 6.45) is -0.938. The summed E-state index contributed by atoms with van der Waals surface area (Å²) in [6, 6.07) is 0. The smallest absolute Gasteiger partial charge is 0.164 e. The van der Waals surface area contributed by atoms with E-state index < -0.39 is 16.7 Å². The minimum Gasteiger partial charge on any atom is -0.368 e. The monoisotopic (exact) mass is 192 g/mol. The number of hydrogen-bond acceptors (Lipinski definition) is 2. The third-order valence-electron chi connectivity index (χ3n) is 0.525. The second-order valence-corrected chi connectivity index (χ2v) is 3.01. The van der Waals surface area contributed by atoms with Gasteiger partial charge in [0.2, 0.25) is 0 Å². The van der Waals surface area contributed by atoms with Gasteiger partial charge in [-0.05, 0) is 6.92 Å². The Kier molecular flexibility index (Phi) is 4.98. The first-order chi connectivity index (χ1) is 4.04. The molecule has 0 saturated carbocycles.